The Bertz CT molecular complexity index is 919. The largest absolute Gasteiger partial charge is 0.299 e. The molecule has 1 N–H and O–H groups in total. The van der Waals surface area contributed by atoms with Crippen molar-refractivity contribution >= 4 is 5.78 Å². The van der Waals surface area contributed by atoms with Crippen LogP contribution in [0.1, 0.15) is 16.7 Å². The number of hydrogen-bond acceptors (Lipinski definition) is 4. The zero-order valence-corrected chi connectivity index (χ0v) is 13.0. The van der Waals surface area contributed by atoms with Gasteiger partial charge in [-0.25, -0.2) is 9.67 Å². The fourth-order valence-corrected chi connectivity index (χ4v) is 3.17. The predicted octanol–water partition coefficient (Wildman–Crippen LogP) is 1.48. The number of rotatable bonds is 4. The Morgan fingerprint density at radius 1 is 1.21 bits per heavy atom. The topological polar surface area (TPSA) is 80.6 Å². The first-order valence-corrected chi connectivity index (χ1v) is 7.88. The molecule has 6 heteroatoms. The lowest BCUT2D eigenvalue weighted by Crippen LogP contribution is -2.24. The molecule has 0 unspecified atom stereocenters. The number of carbonyl (C=O) groups excluding carboxylic acids is 1. The summed E-state index contributed by atoms with van der Waals surface area (Å²) in [4.78, 5) is 31.6. The maximum atomic E-state index is 12.6. The number of nitrogens with one attached hydrogen (secondary N) is 1. The summed E-state index contributed by atoms with van der Waals surface area (Å²) >= 11 is 0. The summed E-state index contributed by atoms with van der Waals surface area (Å²) in [6.45, 7) is 0. The summed E-state index contributed by atoms with van der Waals surface area (Å²) in [5, 5.41) is 4.02. The second-order valence-electron chi connectivity index (χ2n) is 6.03. The van der Waals surface area contributed by atoms with Gasteiger partial charge in [0.2, 0.25) is 5.95 Å². The van der Waals surface area contributed by atoms with E-state index in [-0.39, 0.29) is 23.7 Å². The number of benzene rings is 1. The summed E-state index contributed by atoms with van der Waals surface area (Å²) in [5.74, 6) is 0.382. The van der Waals surface area contributed by atoms with Gasteiger partial charge in [-0.1, -0.05) is 24.3 Å². The molecule has 0 fully saturated rings. The molecule has 0 saturated carbocycles. The van der Waals surface area contributed by atoms with Gasteiger partial charge in [-0.3, -0.25) is 14.6 Å². The van der Waals surface area contributed by atoms with E-state index in [2.05, 4.69) is 27.2 Å². The Labute approximate surface area is 138 Å². The second-order valence-corrected chi connectivity index (χ2v) is 6.03. The minimum atomic E-state index is -0.292. The number of Topliss-reactive ketones (excluding diaryl/α,β-unsaturated/α-hetero) is 1. The molecule has 2 heterocycles. The van der Waals surface area contributed by atoms with Gasteiger partial charge in [-0.15, -0.1) is 0 Å². The van der Waals surface area contributed by atoms with Crippen molar-refractivity contribution in [1.29, 1.82) is 0 Å². The van der Waals surface area contributed by atoms with Crippen LogP contribution in [-0.4, -0.2) is 25.5 Å². The molecule has 24 heavy (non-hydrogen) atoms. The SMILES string of the molecule is O=C(Cc1cnc(-n2cccn2)[nH]c1=O)C1Cc2ccccc2C1. The lowest BCUT2D eigenvalue weighted by molar-refractivity contribution is -0.121. The standard InChI is InChI=1S/C18H16N4O2/c23-16(14-8-12-4-1-2-5-13(12)9-14)10-15-11-19-18(21-17(15)24)22-7-3-6-20-22/h1-7,11,14H,8-10H2,(H,19,21,24). The maximum Gasteiger partial charge on any atom is 0.255 e. The average Bonchev–Trinajstić information content (AvgIpc) is 3.26. The van der Waals surface area contributed by atoms with E-state index in [9.17, 15) is 9.59 Å². The van der Waals surface area contributed by atoms with Crippen LogP contribution < -0.4 is 5.56 Å². The molecule has 2 aromatic heterocycles. The van der Waals surface area contributed by atoms with Gasteiger partial charge in [0.1, 0.15) is 5.78 Å². The molecule has 0 amide bonds. The number of ketones is 1. The number of carbonyl (C=O) groups is 1. The monoisotopic (exact) mass is 320 g/mol. The first kappa shape index (κ1) is 14.6. The third-order valence-electron chi connectivity index (χ3n) is 4.45. The van der Waals surface area contributed by atoms with Crippen molar-refractivity contribution in [2.24, 2.45) is 5.92 Å². The van der Waals surface area contributed by atoms with Gasteiger partial charge in [-0.2, -0.15) is 5.10 Å². The number of aromatic nitrogens is 4. The molecule has 1 aliphatic carbocycles. The zero-order chi connectivity index (χ0) is 16.5. The quantitative estimate of drug-likeness (QED) is 0.789. The van der Waals surface area contributed by atoms with Crippen LogP contribution in [0.15, 0.2) is 53.7 Å². The van der Waals surface area contributed by atoms with E-state index in [1.54, 1.807) is 18.5 Å². The highest BCUT2D eigenvalue weighted by Gasteiger charge is 2.27. The summed E-state index contributed by atoms with van der Waals surface area (Å²) in [5.41, 5.74) is 2.57. The summed E-state index contributed by atoms with van der Waals surface area (Å²) in [7, 11) is 0. The van der Waals surface area contributed by atoms with Gasteiger partial charge in [0.15, 0.2) is 0 Å². The number of hydrogen-bond donors (Lipinski definition) is 1. The first-order valence-electron chi connectivity index (χ1n) is 7.88. The third-order valence-corrected chi connectivity index (χ3v) is 4.45. The molecule has 0 spiro atoms. The fourth-order valence-electron chi connectivity index (χ4n) is 3.17. The molecule has 0 saturated heterocycles. The van der Waals surface area contributed by atoms with Crippen molar-refractivity contribution in [1.82, 2.24) is 19.7 Å². The first-order chi connectivity index (χ1) is 11.7. The van der Waals surface area contributed by atoms with Gasteiger partial charge in [0.05, 0.1) is 0 Å². The van der Waals surface area contributed by atoms with Crippen molar-refractivity contribution in [3.05, 3.63) is 76.0 Å². The smallest absolute Gasteiger partial charge is 0.255 e. The molecule has 0 aliphatic heterocycles. The molecule has 1 aromatic carbocycles. The Hall–Kier alpha value is -3.02. The van der Waals surface area contributed by atoms with Crippen LogP contribution in [0.25, 0.3) is 5.95 Å². The van der Waals surface area contributed by atoms with E-state index in [1.165, 1.54) is 22.0 Å². The van der Waals surface area contributed by atoms with Crippen molar-refractivity contribution in [2.75, 3.05) is 0 Å². The molecule has 6 nitrogen and oxygen atoms in total. The molecule has 0 atom stereocenters. The van der Waals surface area contributed by atoms with Gasteiger partial charge >= 0.3 is 0 Å². The second kappa shape index (κ2) is 5.88. The maximum absolute atomic E-state index is 12.6. The van der Waals surface area contributed by atoms with E-state index in [4.69, 9.17) is 0 Å². The fraction of sp³-hybridized carbons (Fsp3) is 0.222. The summed E-state index contributed by atoms with van der Waals surface area (Å²) < 4.78 is 1.47. The predicted molar refractivity (Wildman–Crippen MR) is 88.0 cm³/mol. The van der Waals surface area contributed by atoms with Crippen LogP contribution in [0, 0.1) is 5.92 Å². The normalized spacial score (nSPS) is 13.8. The number of fused-ring (bicyclic) bond motifs is 1. The number of H-pyrrole nitrogens is 1. The molecule has 120 valence electrons. The van der Waals surface area contributed by atoms with Crippen LogP contribution in [0.4, 0.5) is 0 Å². The lowest BCUT2D eigenvalue weighted by Gasteiger charge is -2.08. The molecule has 3 aromatic rings. The van der Waals surface area contributed by atoms with E-state index in [1.807, 2.05) is 12.1 Å². The summed E-state index contributed by atoms with van der Waals surface area (Å²) in [6, 6.07) is 9.86. The van der Waals surface area contributed by atoms with Gasteiger partial charge in [0.25, 0.3) is 5.56 Å². The lowest BCUT2D eigenvalue weighted by atomic mass is 9.96. The number of nitrogens with zero attached hydrogens (tertiary/aromatic N) is 3. The van der Waals surface area contributed by atoms with E-state index >= 15 is 0 Å². The Balaban J connectivity index is 1.50. The van der Waals surface area contributed by atoms with Crippen LogP contribution in [0.2, 0.25) is 0 Å². The minimum absolute atomic E-state index is 0.0485. The van der Waals surface area contributed by atoms with Crippen LogP contribution >= 0.6 is 0 Å². The van der Waals surface area contributed by atoms with Crippen LogP contribution in [0.5, 0.6) is 0 Å². The molecule has 0 bridgehead atoms. The highest BCUT2D eigenvalue weighted by molar-refractivity contribution is 5.84. The van der Waals surface area contributed by atoms with Gasteiger partial charge in [0, 0.05) is 36.5 Å². The van der Waals surface area contributed by atoms with E-state index in [0.717, 1.165) is 12.8 Å². The van der Waals surface area contributed by atoms with Crippen molar-refractivity contribution in [3.8, 4) is 5.95 Å². The van der Waals surface area contributed by atoms with Crippen molar-refractivity contribution in [3.63, 3.8) is 0 Å². The Kier molecular flexibility index (Phi) is 3.57. The Morgan fingerprint density at radius 3 is 2.58 bits per heavy atom. The van der Waals surface area contributed by atoms with E-state index in [0.29, 0.717) is 11.5 Å². The summed E-state index contributed by atoms with van der Waals surface area (Å²) in [6.07, 6.45) is 6.39. The van der Waals surface area contributed by atoms with Crippen LogP contribution in [-0.2, 0) is 24.1 Å². The molecule has 1 aliphatic rings. The van der Waals surface area contributed by atoms with Crippen molar-refractivity contribution in [2.45, 2.75) is 19.3 Å². The average molecular weight is 320 g/mol. The Morgan fingerprint density at radius 2 is 1.96 bits per heavy atom. The minimum Gasteiger partial charge on any atom is -0.299 e. The molecule has 4 rings (SSSR count). The zero-order valence-electron chi connectivity index (χ0n) is 13.0. The highest BCUT2D eigenvalue weighted by atomic mass is 16.1. The highest BCUT2D eigenvalue weighted by Crippen LogP contribution is 2.27. The van der Waals surface area contributed by atoms with Crippen LogP contribution in [0.3, 0.4) is 0 Å². The third kappa shape index (κ3) is 2.67. The number of aromatic amines is 1. The molecular weight excluding hydrogens is 304 g/mol. The molecular formula is C18H16N4O2. The molecule has 0 radical (unpaired) electrons. The van der Waals surface area contributed by atoms with Crippen molar-refractivity contribution < 1.29 is 4.79 Å². The van der Waals surface area contributed by atoms with Gasteiger partial charge < -0.3 is 0 Å². The van der Waals surface area contributed by atoms with Gasteiger partial charge in [-0.05, 0) is 30.0 Å². The van der Waals surface area contributed by atoms with E-state index < -0.39 is 0 Å².